The van der Waals surface area contributed by atoms with Crippen LogP contribution in [0.4, 0.5) is 0 Å². The topological polar surface area (TPSA) is 64.6 Å². The summed E-state index contributed by atoms with van der Waals surface area (Å²) in [6.07, 6.45) is 0.794. The van der Waals surface area contributed by atoms with Crippen LogP contribution >= 0.6 is 0 Å². The number of amides is 1. The molecule has 0 saturated heterocycles. The van der Waals surface area contributed by atoms with E-state index in [0.29, 0.717) is 5.75 Å². The molecule has 0 bridgehead atoms. The van der Waals surface area contributed by atoms with Crippen molar-refractivity contribution in [3.05, 3.63) is 29.3 Å². The van der Waals surface area contributed by atoms with Crippen LogP contribution in [0.1, 0.15) is 38.3 Å². The van der Waals surface area contributed by atoms with E-state index in [1.807, 2.05) is 46.8 Å². The highest BCUT2D eigenvalue weighted by atomic mass is 16.6. The zero-order valence-electron chi connectivity index (χ0n) is 14.0. The summed E-state index contributed by atoms with van der Waals surface area (Å²) >= 11 is 0. The molecule has 1 amide bonds. The minimum Gasteiger partial charge on any atom is -0.482 e. The summed E-state index contributed by atoms with van der Waals surface area (Å²) in [6.45, 7) is 9.27. The van der Waals surface area contributed by atoms with E-state index in [-0.39, 0.29) is 24.7 Å². The number of carbonyl (C=O) groups is 2. The van der Waals surface area contributed by atoms with Gasteiger partial charge in [0.1, 0.15) is 5.75 Å². The Morgan fingerprint density at radius 2 is 1.82 bits per heavy atom. The van der Waals surface area contributed by atoms with Gasteiger partial charge in [0.15, 0.2) is 13.2 Å². The van der Waals surface area contributed by atoms with E-state index in [0.717, 1.165) is 17.5 Å². The predicted octanol–water partition coefficient (Wildman–Crippen LogP) is 2.53. The lowest BCUT2D eigenvalue weighted by Gasteiger charge is -2.24. The third kappa shape index (κ3) is 6.16. The number of aryl methyl sites for hydroxylation is 2. The van der Waals surface area contributed by atoms with Crippen molar-refractivity contribution in [1.82, 2.24) is 5.32 Å². The number of nitrogens with one attached hydrogen (secondary N) is 1. The molecule has 1 aromatic rings. The first-order valence-corrected chi connectivity index (χ1v) is 7.40. The minimum absolute atomic E-state index is 0.215. The molecule has 0 spiro atoms. The molecular weight excluding hydrogens is 282 g/mol. The molecule has 0 unspecified atom stereocenters. The van der Waals surface area contributed by atoms with Gasteiger partial charge in [-0.25, -0.2) is 4.79 Å². The average Bonchev–Trinajstić information content (AvgIpc) is 2.46. The molecule has 0 fully saturated rings. The fraction of sp³-hybridized carbons (Fsp3) is 0.529. The summed E-state index contributed by atoms with van der Waals surface area (Å²) in [7, 11) is 0. The van der Waals surface area contributed by atoms with Crippen molar-refractivity contribution in [3.63, 3.8) is 0 Å². The molecule has 22 heavy (non-hydrogen) atoms. The Kier molecular flexibility index (Phi) is 6.40. The summed E-state index contributed by atoms with van der Waals surface area (Å²) < 4.78 is 10.2. The van der Waals surface area contributed by atoms with Gasteiger partial charge in [-0.1, -0.05) is 13.0 Å². The summed E-state index contributed by atoms with van der Waals surface area (Å²) in [5.74, 6) is -0.273. The van der Waals surface area contributed by atoms with Gasteiger partial charge >= 0.3 is 5.97 Å². The third-order valence-corrected chi connectivity index (χ3v) is 3.56. The molecule has 0 aliphatic rings. The number of rotatable bonds is 7. The monoisotopic (exact) mass is 307 g/mol. The van der Waals surface area contributed by atoms with E-state index in [2.05, 4.69) is 5.32 Å². The van der Waals surface area contributed by atoms with Crippen molar-refractivity contribution >= 4 is 11.9 Å². The van der Waals surface area contributed by atoms with Gasteiger partial charge in [-0.05, 0) is 57.4 Å². The van der Waals surface area contributed by atoms with Crippen molar-refractivity contribution in [3.8, 4) is 5.75 Å². The van der Waals surface area contributed by atoms with E-state index in [1.54, 1.807) is 6.07 Å². The molecule has 0 saturated carbocycles. The van der Waals surface area contributed by atoms with Gasteiger partial charge in [0.05, 0.1) is 0 Å². The maximum Gasteiger partial charge on any atom is 0.344 e. The summed E-state index contributed by atoms with van der Waals surface area (Å²) in [5.41, 5.74) is 1.94. The maximum atomic E-state index is 11.6. The Hall–Kier alpha value is -2.04. The van der Waals surface area contributed by atoms with Crippen LogP contribution in [0.5, 0.6) is 5.75 Å². The molecular formula is C17H25NO4. The molecule has 0 aliphatic heterocycles. The lowest BCUT2D eigenvalue weighted by atomic mass is 10.0. The first-order valence-electron chi connectivity index (χ1n) is 7.40. The van der Waals surface area contributed by atoms with E-state index in [1.165, 1.54) is 0 Å². The summed E-state index contributed by atoms with van der Waals surface area (Å²) in [4.78, 5) is 23.2. The van der Waals surface area contributed by atoms with Gasteiger partial charge < -0.3 is 14.8 Å². The molecule has 0 aromatic heterocycles. The molecule has 0 radical (unpaired) electrons. The van der Waals surface area contributed by atoms with Gasteiger partial charge in [-0.15, -0.1) is 0 Å². The molecule has 1 N–H and O–H groups in total. The minimum atomic E-state index is -0.567. The molecule has 0 atom stereocenters. The van der Waals surface area contributed by atoms with Crippen molar-refractivity contribution in [1.29, 1.82) is 0 Å². The molecule has 5 heteroatoms. The van der Waals surface area contributed by atoms with E-state index in [9.17, 15) is 9.59 Å². The number of carbonyl (C=O) groups excluding carboxylic acids is 2. The summed E-state index contributed by atoms with van der Waals surface area (Å²) in [6, 6.07) is 5.58. The Labute approximate surface area is 132 Å². The summed E-state index contributed by atoms with van der Waals surface area (Å²) in [5, 5.41) is 2.79. The third-order valence-electron chi connectivity index (χ3n) is 3.56. The lowest BCUT2D eigenvalue weighted by Crippen LogP contribution is -2.44. The highest BCUT2D eigenvalue weighted by Crippen LogP contribution is 2.16. The Balaban J connectivity index is 2.34. The van der Waals surface area contributed by atoms with Crippen LogP contribution in [0.25, 0.3) is 0 Å². The van der Waals surface area contributed by atoms with Crippen molar-refractivity contribution < 1.29 is 19.1 Å². The van der Waals surface area contributed by atoms with Crippen LogP contribution in [-0.2, 0) is 14.3 Å². The molecule has 122 valence electrons. The van der Waals surface area contributed by atoms with Gasteiger partial charge in [0, 0.05) is 5.54 Å². The predicted molar refractivity (Wildman–Crippen MR) is 84.9 cm³/mol. The number of ether oxygens (including phenoxy) is 2. The fourth-order valence-electron chi connectivity index (χ4n) is 1.64. The van der Waals surface area contributed by atoms with Crippen molar-refractivity contribution in [2.45, 2.75) is 46.6 Å². The van der Waals surface area contributed by atoms with Gasteiger partial charge in [0.25, 0.3) is 5.91 Å². The number of esters is 1. The van der Waals surface area contributed by atoms with Gasteiger partial charge in [-0.3, -0.25) is 4.79 Å². The fourth-order valence-corrected chi connectivity index (χ4v) is 1.64. The second kappa shape index (κ2) is 7.82. The lowest BCUT2D eigenvalue weighted by molar-refractivity contribution is -0.150. The zero-order chi connectivity index (χ0) is 16.8. The van der Waals surface area contributed by atoms with Crippen molar-refractivity contribution in [2.75, 3.05) is 13.2 Å². The Morgan fingerprint density at radius 3 is 2.41 bits per heavy atom. The van der Waals surface area contributed by atoms with Gasteiger partial charge in [0.2, 0.25) is 0 Å². The quantitative estimate of drug-likeness (QED) is 0.786. The maximum absolute atomic E-state index is 11.6. The van der Waals surface area contributed by atoms with E-state index >= 15 is 0 Å². The van der Waals surface area contributed by atoms with E-state index in [4.69, 9.17) is 9.47 Å². The van der Waals surface area contributed by atoms with Crippen LogP contribution in [-0.4, -0.2) is 30.6 Å². The van der Waals surface area contributed by atoms with Gasteiger partial charge in [-0.2, -0.15) is 0 Å². The largest absolute Gasteiger partial charge is 0.482 e. The normalized spacial score (nSPS) is 11.0. The highest BCUT2D eigenvalue weighted by molar-refractivity contribution is 5.81. The SMILES string of the molecule is CCC(C)(C)NC(=O)COC(=O)COc1ccc(C)c(C)c1. The smallest absolute Gasteiger partial charge is 0.344 e. The first-order chi connectivity index (χ1) is 10.2. The highest BCUT2D eigenvalue weighted by Gasteiger charge is 2.18. The molecule has 1 aromatic carbocycles. The van der Waals surface area contributed by atoms with E-state index < -0.39 is 5.97 Å². The number of benzene rings is 1. The number of hydrogen-bond donors (Lipinski definition) is 1. The zero-order valence-corrected chi connectivity index (χ0v) is 14.0. The Bertz CT molecular complexity index is 537. The second-order valence-corrected chi connectivity index (χ2v) is 5.98. The number of hydrogen-bond acceptors (Lipinski definition) is 4. The Morgan fingerprint density at radius 1 is 1.14 bits per heavy atom. The van der Waals surface area contributed by atoms with Crippen LogP contribution in [0.2, 0.25) is 0 Å². The van der Waals surface area contributed by atoms with Crippen LogP contribution in [0.3, 0.4) is 0 Å². The average molecular weight is 307 g/mol. The van der Waals surface area contributed by atoms with Crippen LogP contribution < -0.4 is 10.1 Å². The van der Waals surface area contributed by atoms with Crippen LogP contribution in [0, 0.1) is 13.8 Å². The first kappa shape index (κ1) is 18.0. The van der Waals surface area contributed by atoms with Crippen molar-refractivity contribution in [2.24, 2.45) is 0 Å². The molecule has 0 heterocycles. The standard InChI is InChI=1S/C17H25NO4/c1-6-17(4,5)18-15(19)10-22-16(20)11-21-14-8-7-12(2)13(3)9-14/h7-9H,6,10-11H2,1-5H3,(H,18,19). The molecule has 5 nitrogen and oxygen atoms in total. The second-order valence-electron chi connectivity index (χ2n) is 5.98. The molecule has 1 rings (SSSR count). The molecule has 0 aliphatic carbocycles. The van der Waals surface area contributed by atoms with Crippen LogP contribution in [0.15, 0.2) is 18.2 Å².